The number of likely N-dealkylation sites (tertiary alicyclic amines) is 2. The minimum absolute atomic E-state index is 0. The maximum atomic E-state index is 13.0. The van der Waals surface area contributed by atoms with E-state index in [-0.39, 0.29) is 79.2 Å². The van der Waals surface area contributed by atoms with E-state index in [2.05, 4.69) is 56.0 Å². The van der Waals surface area contributed by atoms with Gasteiger partial charge in [-0.2, -0.15) is 0 Å². The van der Waals surface area contributed by atoms with Crippen molar-refractivity contribution in [3.63, 3.8) is 0 Å². The summed E-state index contributed by atoms with van der Waals surface area (Å²) in [5, 5.41) is 61.3. The molecule has 3 aliphatic heterocycles. The average molecular weight is 1160 g/mol. The molecule has 7 aromatic rings. The Bertz CT molecular complexity index is 3250. The summed E-state index contributed by atoms with van der Waals surface area (Å²) in [5.41, 5.74) is 7.66. The summed E-state index contributed by atoms with van der Waals surface area (Å²) in [6.45, 7) is 18.3. The van der Waals surface area contributed by atoms with E-state index < -0.39 is 0 Å². The van der Waals surface area contributed by atoms with Gasteiger partial charge in [-0.3, -0.25) is 24.2 Å². The van der Waals surface area contributed by atoms with Crippen molar-refractivity contribution in [2.24, 2.45) is 0 Å². The molecular formula is C55H73Cl3N14O8. The standard InChI is InChI=1S/C23H30N6O3.C14H20N4O2.C9H11ClN2O.C6H4ClNO.C3H7NO.ClH/c1-23(2,3)27-21-20-16(5-7-29(8-9-30)22(20)32)11-19(26-21)25-18-10-15(4-6-24-18)12-28-13-17(31)14-28;1-14(2,3)17-12-11-9(8-10(15)16-12)4-5-18(6-7-19)13(11)20;10-9-3-7(1-2-11-9)4-12-5-8(13)6-12;7-6-3-5(4-9)1-2-8-6;5-3-1-4-2-3;/h4-7,10-11,17,30-31H,8-9,12-14H2,1-3H3,(H2,24,25,26,27);4-5,8,19H,6-7H2,1-3H3,(H3,15,16,17);1-3,8,13H,4-6H2;1-4H;3-5H,1-2H2;1H. The Balaban J connectivity index is 0.000000207. The zero-order valence-electron chi connectivity index (χ0n) is 45.7. The van der Waals surface area contributed by atoms with Gasteiger partial charge in [0.25, 0.3) is 11.1 Å². The summed E-state index contributed by atoms with van der Waals surface area (Å²) >= 11 is 11.2. The smallest absolute Gasteiger partial charge is 0.262 e. The number of carbonyl (C=O) groups is 1. The lowest BCUT2D eigenvalue weighted by Gasteiger charge is -2.35. The Morgan fingerprint density at radius 3 is 1.54 bits per heavy atom. The van der Waals surface area contributed by atoms with Crippen molar-refractivity contribution in [2.75, 3.05) is 74.2 Å². The molecule has 0 aliphatic carbocycles. The van der Waals surface area contributed by atoms with Gasteiger partial charge in [-0.1, -0.05) is 23.2 Å². The third-order valence-electron chi connectivity index (χ3n) is 11.8. The lowest BCUT2D eigenvalue weighted by molar-refractivity contribution is -0.00308. The van der Waals surface area contributed by atoms with Crippen LogP contribution in [0.15, 0.2) is 101 Å². The molecule has 10 rings (SSSR count). The van der Waals surface area contributed by atoms with Crippen LogP contribution in [0.2, 0.25) is 10.3 Å². The highest BCUT2D eigenvalue weighted by molar-refractivity contribution is 6.29. The highest BCUT2D eigenvalue weighted by atomic mass is 35.5. The maximum absolute atomic E-state index is 13.0. The zero-order valence-corrected chi connectivity index (χ0v) is 48.0. The van der Waals surface area contributed by atoms with Crippen LogP contribution in [0.4, 0.5) is 29.1 Å². The number of anilines is 5. The van der Waals surface area contributed by atoms with Gasteiger partial charge in [0.1, 0.15) is 45.7 Å². The fourth-order valence-electron chi connectivity index (χ4n) is 8.09. The van der Waals surface area contributed by atoms with E-state index in [0.717, 1.165) is 67.5 Å². The highest BCUT2D eigenvalue weighted by Crippen LogP contribution is 2.27. The Kier molecular flexibility index (Phi) is 24.1. The second kappa shape index (κ2) is 29.9. The topological polar surface area (TPSA) is 307 Å². The van der Waals surface area contributed by atoms with E-state index in [0.29, 0.717) is 68.8 Å². The number of aliphatic hydroxyl groups excluding tert-OH is 5. The second-order valence-corrected chi connectivity index (χ2v) is 22.0. The summed E-state index contributed by atoms with van der Waals surface area (Å²) in [4.78, 5) is 60.8. The minimum Gasteiger partial charge on any atom is -0.395 e. The number of carbonyl (C=O) groups excluding carboxylic acids is 1. The molecule has 0 saturated carbocycles. The first-order valence-corrected chi connectivity index (χ1v) is 26.5. The fourth-order valence-corrected chi connectivity index (χ4v) is 8.46. The quantitative estimate of drug-likeness (QED) is 0.0541. The van der Waals surface area contributed by atoms with Crippen LogP contribution in [0.25, 0.3) is 21.5 Å². The predicted octanol–water partition coefficient (Wildman–Crippen LogP) is 4.93. The molecule has 80 heavy (non-hydrogen) atoms. The molecule has 3 saturated heterocycles. The molecule has 10 heterocycles. The lowest BCUT2D eigenvalue weighted by Crippen LogP contribution is -2.49. The molecule has 0 unspecified atom stereocenters. The number of β-amino-alcohol motifs (C(OH)–C–C–N with tert-alkyl or cyclic N) is 3. The Hall–Kier alpha value is -6.41. The first-order valence-electron chi connectivity index (χ1n) is 25.7. The van der Waals surface area contributed by atoms with Crippen molar-refractivity contribution in [1.82, 2.24) is 49.2 Å². The van der Waals surface area contributed by atoms with Crippen molar-refractivity contribution in [3.05, 3.63) is 139 Å². The van der Waals surface area contributed by atoms with Gasteiger partial charge in [-0.25, -0.2) is 24.9 Å². The van der Waals surface area contributed by atoms with E-state index in [4.69, 9.17) is 44.3 Å². The Labute approximate surface area is 480 Å². The molecule has 0 amide bonds. The van der Waals surface area contributed by atoms with E-state index in [1.807, 2.05) is 77.9 Å². The van der Waals surface area contributed by atoms with E-state index >= 15 is 0 Å². The number of pyridine rings is 7. The third-order valence-corrected chi connectivity index (χ3v) is 12.2. The van der Waals surface area contributed by atoms with E-state index in [9.17, 15) is 24.6 Å². The van der Waals surface area contributed by atoms with Crippen molar-refractivity contribution in [3.8, 4) is 0 Å². The molecule has 3 aliphatic rings. The number of hydrogen-bond donors (Lipinski definition) is 10. The molecule has 22 nitrogen and oxygen atoms in total. The zero-order chi connectivity index (χ0) is 57.4. The summed E-state index contributed by atoms with van der Waals surface area (Å²) in [5.74, 6) is 2.56. The third kappa shape index (κ3) is 20.0. The van der Waals surface area contributed by atoms with E-state index in [1.54, 1.807) is 43.0 Å². The number of aromatic nitrogens is 7. The largest absolute Gasteiger partial charge is 0.395 e. The average Bonchev–Trinajstić information content (AvgIpc) is 3.52. The van der Waals surface area contributed by atoms with Gasteiger partial charge in [-0.15, -0.1) is 12.4 Å². The molecule has 0 bridgehead atoms. The molecule has 7 aromatic heterocycles. The number of fused-ring (bicyclic) bond motifs is 2. The SMILES string of the molecule is CC(C)(C)Nc1nc(N)cc2ccn(CCO)c(=O)c12.CC(C)(C)Nc1nc(Nc2cc(CN3CC(O)C3)ccn2)cc2ccn(CCO)c(=O)c12.Cl.O=Cc1ccnc(Cl)c1.OC1CN(Cc2ccnc(Cl)c2)C1.OC1CNC1. The number of hydrogen-bond acceptors (Lipinski definition) is 20. The summed E-state index contributed by atoms with van der Waals surface area (Å²) in [6, 6.07) is 18.0. The molecule has 0 aromatic carbocycles. The van der Waals surface area contributed by atoms with Crippen LogP contribution < -0.4 is 38.1 Å². The van der Waals surface area contributed by atoms with Crippen LogP contribution in [-0.2, 0) is 26.2 Å². The molecule has 432 valence electrons. The maximum Gasteiger partial charge on any atom is 0.262 e. The molecule has 0 spiro atoms. The predicted molar refractivity (Wildman–Crippen MR) is 317 cm³/mol. The van der Waals surface area contributed by atoms with Crippen LogP contribution in [0, 0.1) is 0 Å². The highest BCUT2D eigenvalue weighted by Gasteiger charge is 2.25. The van der Waals surface area contributed by atoms with Crippen LogP contribution in [0.3, 0.4) is 0 Å². The molecule has 25 heteroatoms. The summed E-state index contributed by atoms with van der Waals surface area (Å²) < 4.78 is 2.96. The monoisotopic (exact) mass is 1160 g/mol. The molecule has 11 N–H and O–H groups in total. The number of rotatable bonds is 13. The number of nitrogen functional groups attached to an aromatic ring is 1. The van der Waals surface area contributed by atoms with Crippen LogP contribution in [0.5, 0.6) is 0 Å². The van der Waals surface area contributed by atoms with Gasteiger partial charge >= 0.3 is 0 Å². The molecule has 3 fully saturated rings. The number of nitrogens with two attached hydrogens (primary N) is 1. The van der Waals surface area contributed by atoms with Crippen LogP contribution in [0.1, 0.15) is 63.0 Å². The van der Waals surface area contributed by atoms with Gasteiger partial charge in [-0.05, 0) is 124 Å². The number of nitrogens with zero attached hydrogens (tertiary/aromatic N) is 9. The number of nitrogens with one attached hydrogen (secondary N) is 4. The lowest BCUT2D eigenvalue weighted by atomic mass is 10.1. The van der Waals surface area contributed by atoms with Crippen molar-refractivity contribution < 1.29 is 30.3 Å². The van der Waals surface area contributed by atoms with Crippen LogP contribution in [-0.4, -0.2) is 158 Å². The fraction of sp³-hybridized carbons (Fsp3) is 0.418. The van der Waals surface area contributed by atoms with Gasteiger partial charge in [0.2, 0.25) is 0 Å². The van der Waals surface area contributed by atoms with Gasteiger partial charge in [0.05, 0.1) is 42.3 Å². The first-order chi connectivity index (χ1) is 37.5. The van der Waals surface area contributed by atoms with Crippen molar-refractivity contribution in [2.45, 2.75) is 97.1 Å². The number of halogens is 3. The molecule has 0 atom stereocenters. The second-order valence-electron chi connectivity index (χ2n) is 21.2. The summed E-state index contributed by atoms with van der Waals surface area (Å²) in [6.07, 6.45) is 8.59. The van der Waals surface area contributed by atoms with Gasteiger partial charge in [0.15, 0.2) is 0 Å². The van der Waals surface area contributed by atoms with Crippen LogP contribution >= 0.6 is 35.6 Å². The number of aldehydes is 1. The van der Waals surface area contributed by atoms with E-state index in [1.165, 1.54) is 21.4 Å². The normalized spacial score (nSPS) is 14.6. The minimum atomic E-state index is -0.303. The summed E-state index contributed by atoms with van der Waals surface area (Å²) in [7, 11) is 0. The van der Waals surface area contributed by atoms with Crippen molar-refractivity contribution >= 4 is 92.5 Å². The first kappa shape index (κ1) is 64.4. The Morgan fingerprint density at radius 2 is 1.11 bits per heavy atom. The van der Waals surface area contributed by atoms with Gasteiger partial charge in [0, 0.05) is 113 Å². The molecule has 0 radical (unpaired) electrons. The Morgan fingerprint density at radius 1 is 0.650 bits per heavy atom. The van der Waals surface area contributed by atoms with Crippen molar-refractivity contribution in [1.29, 1.82) is 0 Å². The van der Waals surface area contributed by atoms with Gasteiger partial charge < -0.3 is 61.7 Å². The number of aliphatic hydroxyl groups is 5. The molecular weight excluding hydrogens is 1090 g/mol.